The molecule has 19 heavy (non-hydrogen) atoms. The van der Waals surface area contributed by atoms with Crippen molar-refractivity contribution in [2.45, 2.75) is 0 Å². The number of hydrogen-bond acceptors (Lipinski definition) is 9. The molecule has 0 aliphatic heterocycles. The molecule has 0 aromatic carbocycles. The van der Waals surface area contributed by atoms with Gasteiger partial charge in [0, 0.05) is 0 Å². The average Bonchev–Trinajstić information content (AvgIpc) is 2.84. The van der Waals surface area contributed by atoms with Crippen molar-refractivity contribution < 1.29 is 86.9 Å². The summed E-state index contributed by atoms with van der Waals surface area (Å²) < 4.78 is 8.21. The van der Waals surface area contributed by atoms with Crippen molar-refractivity contribution in [1.82, 2.24) is 10.3 Å². The number of carbonyl (C=O) groups excluding carboxylic acids is 1. The zero-order chi connectivity index (χ0) is 13.0. The molecule has 0 amide bonds. The zero-order valence-corrected chi connectivity index (χ0v) is 14.0. The summed E-state index contributed by atoms with van der Waals surface area (Å²) in [6.07, 6.45) is 0. The Labute approximate surface area is 150 Å². The Morgan fingerprint density at radius 2 is 1.42 bits per heavy atom. The van der Waals surface area contributed by atoms with E-state index >= 15 is 0 Å². The van der Waals surface area contributed by atoms with Gasteiger partial charge in [-0.2, -0.15) is 4.90 Å². The zero-order valence-electron chi connectivity index (χ0n) is 9.09. The summed E-state index contributed by atoms with van der Waals surface area (Å²) in [5.74, 6) is -1.11. The van der Waals surface area contributed by atoms with Crippen LogP contribution < -0.4 is 68.0 Å². The quantitative estimate of drug-likeness (QED) is 0.285. The van der Waals surface area contributed by atoms with E-state index in [0.717, 1.165) is 0 Å². The number of aromatic nitrogens is 4. The fourth-order valence-electron chi connectivity index (χ4n) is 1.59. The first-order chi connectivity index (χ1) is 8.52. The van der Waals surface area contributed by atoms with Crippen LogP contribution in [0.4, 0.5) is 0 Å². The second-order valence-corrected chi connectivity index (χ2v) is 3.19. The average molecular weight is 340 g/mol. The summed E-state index contributed by atoms with van der Waals surface area (Å²) in [5, 5.41) is 50.3. The van der Waals surface area contributed by atoms with Gasteiger partial charge in [-0.15, -0.1) is 0 Å². The fourth-order valence-corrected chi connectivity index (χ4v) is 1.59. The van der Waals surface area contributed by atoms with Crippen molar-refractivity contribution in [3.05, 3.63) is 43.6 Å². The van der Waals surface area contributed by atoms with E-state index in [1.807, 2.05) is 0 Å². The van der Waals surface area contributed by atoms with Gasteiger partial charge in [-0.25, -0.2) is 0 Å². The minimum atomic E-state index is -1.11. The number of hydrogen-bond donors (Lipinski definition) is 0. The van der Waals surface area contributed by atoms with Crippen LogP contribution >= 0.6 is 0 Å². The van der Waals surface area contributed by atoms with Crippen LogP contribution in [0, 0.1) is 20.8 Å². The minimum absolute atomic E-state index is 0. The SMILES string of the molecule is O=C1c2c(no[n+]2[O-])C(=[N+]([O-])[O-])c2no[n+]([O-])c21.[Rb+]. The topological polar surface area (TPSA) is 172 Å². The van der Waals surface area contributed by atoms with Crippen LogP contribution in [0.5, 0.6) is 0 Å². The van der Waals surface area contributed by atoms with E-state index in [9.17, 15) is 25.6 Å². The van der Waals surface area contributed by atoms with Gasteiger partial charge < -0.3 is 20.8 Å². The van der Waals surface area contributed by atoms with E-state index in [1.165, 1.54) is 0 Å². The Kier molecular flexibility index (Phi) is 3.42. The fraction of sp³-hybridized carbons (Fsp3) is 0. The smallest absolute Gasteiger partial charge is 0.612 e. The molecule has 1 aliphatic rings. The molecule has 0 saturated heterocycles. The number of carbonyl (C=O) groups is 1. The van der Waals surface area contributed by atoms with Crippen molar-refractivity contribution >= 4 is 11.5 Å². The molecule has 3 rings (SSSR count). The van der Waals surface area contributed by atoms with Crippen LogP contribution in [-0.4, -0.2) is 26.7 Å². The first kappa shape index (κ1) is 14.0. The third-order valence-electron chi connectivity index (χ3n) is 2.29. The molecule has 0 unspecified atom stereocenters. The molecular weight excluding hydrogens is 340 g/mol. The summed E-state index contributed by atoms with van der Waals surface area (Å²) >= 11 is 0. The summed E-state index contributed by atoms with van der Waals surface area (Å²) in [6.45, 7) is 0. The first-order valence-electron chi connectivity index (χ1n) is 4.28. The molecule has 1 aliphatic carbocycles. The van der Waals surface area contributed by atoms with Gasteiger partial charge in [-0.3, -0.25) is 14.1 Å². The van der Waals surface area contributed by atoms with Crippen LogP contribution in [-0.2, 0) is 0 Å². The van der Waals surface area contributed by atoms with E-state index < -0.39 is 39.2 Å². The van der Waals surface area contributed by atoms with Gasteiger partial charge in [0.2, 0.25) is 0 Å². The van der Waals surface area contributed by atoms with E-state index in [1.54, 1.807) is 0 Å². The summed E-state index contributed by atoms with van der Waals surface area (Å²) in [6, 6.07) is 0. The molecule has 0 bridgehead atoms. The Bertz CT molecular complexity index is 661. The van der Waals surface area contributed by atoms with E-state index in [4.69, 9.17) is 0 Å². The first-order valence-corrected chi connectivity index (χ1v) is 4.28. The third kappa shape index (κ3) is 1.79. The largest absolute Gasteiger partial charge is 1.00 e. The summed E-state index contributed by atoms with van der Waals surface area (Å²) in [4.78, 5) is 10.2. The van der Waals surface area contributed by atoms with Crippen molar-refractivity contribution in [3.8, 4) is 0 Å². The molecule has 92 valence electrons. The molecule has 0 fully saturated rings. The van der Waals surface area contributed by atoms with Crippen molar-refractivity contribution in [3.63, 3.8) is 0 Å². The monoisotopic (exact) mass is 339 g/mol. The number of nitrogens with zero attached hydrogens (tertiary/aromatic N) is 5. The maximum atomic E-state index is 11.8. The van der Waals surface area contributed by atoms with Crippen LogP contribution in [0.1, 0.15) is 27.6 Å². The standard InChI is InChI=1S/C6N5O7.Rb/c12-6-4-1(7-17-10(4)15)3(9(13)14)2-5(6)11(16)18-8-2;/q-1;+1. The van der Waals surface area contributed by atoms with Crippen molar-refractivity contribution in [2.24, 2.45) is 0 Å². The van der Waals surface area contributed by atoms with Gasteiger partial charge in [0.05, 0.1) is 10.3 Å². The normalized spacial score (nSPS) is 12.6. The predicted molar refractivity (Wildman–Crippen MR) is 44.6 cm³/mol. The van der Waals surface area contributed by atoms with E-state index in [-0.39, 0.29) is 68.0 Å². The van der Waals surface area contributed by atoms with Crippen LogP contribution in [0.25, 0.3) is 0 Å². The maximum Gasteiger partial charge on any atom is 1.00 e. The number of rotatable bonds is 0. The van der Waals surface area contributed by atoms with E-state index in [0.29, 0.717) is 0 Å². The van der Waals surface area contributed by atoms with Crippen LogP contribution in [0.15, 0.2) is 9.26 Å². The number of ketones is 1. The summed E-state index contributed by atoms with van der Waals surface area (Å²) in [7, 11) is 0. The number of fused-ring (bicyclic) bond motifs is 2. The van der Waals surface area contributed by atoms with Crippen molar-refractivity contribution in [1.29, 1.82) is 0 Å². The van der Waals surface area contributed by atoms with Gasteiger partial charge in [0.1, 0.15) is 0 Å². The maximum absolute atomic E-state index is 11.8. The van der Waals surface area contributed by atoms with Gasteiger partial charge in [-0.1, -0.05) is 0 Å². The van der Waals surface area contributed by atoms with E-state index in [2.05, 4.69) is 19.6 Å². The molecule has 13 heteroatoms. The van der Waals surface area contributed by atoms with Gasteiger partial charge in [0.15, 0.2) is 0 Å². The van der Waals surface area contributed by atoms with Gasteiger partial charge in [0.25, 0.3) is 17.2 Å². The Morgan fingerprint density at radius 1 is 1.00 bits per heavy atom. The molecule has 0 atom stereocenters. The summed E-state index contributed by atoms with van der Waals surface area (Å²) in [5.41, 5.74) is -3.52. The Hall–Kier alpha value is -1.37. The molecule has 0 spiro atoms. The van der Waals surface area contributed by atoms with Gasteiger partial charge in [-0.05, 0) is 9.81 Å². The van der Waals surface area contributed by atoms with Gasteiger partial charge >= 0.3 is 75.3 Å². The molecule has 2 heterocycles. The van der Waals surface area contributed by atoms with Crippen LogP contribution in [0.2, 0.25) is 0 Å². The minimum Gasteiger partial charge on any atom is -0.612 e. The molecule has 0 N–H and O–H groups in total. The van der Waals surface area contributed by atoms with Crippen molar-refractivity contribution in [2.75, 3.05) is 0 Å². The molecule has 2 aromatic heterocycles. The predicted octanol–water partition coefficient (Wildman–Crippen LogP) is -5.68. The third-order valence-corrected chi connectivity index (χ3v) is 2.29. The second kappa shape index (κ2) is 4.62. The molecular formula is C6N5O7Rb. The second-order valence-electron chi connectivity index (χ2n) is 3.19. The molecule has 12 nitrogen and oxygen atoms in total. The molecule has 0 radical (unpaired) electrons. The molecule has 0 saturated carbocycles. The Balaban J connectivity index is 0.00000133. The molecule has 2 aromatic rings. The Morgan fingerprint density at radius 3 is 1.79 bits per heavy atom. The van der Waals surface area contributed by atoms with Crippen LogP contribution in [0.3, 0.4) is 0 Å².